The van der Waals surface area contributed by atoms with Crippen molar-refractivity contribution < 1.29 is 18.4 Å². The number of carbonyl (C=O) groups is 1. The lowest BCUT2D eigenvalue weighted by Crippen LogP contribution is -2.26. The molecule has 1 atom stereocenters. The van der Waals surface area contributed by atoms with Crippen molar-refractivity contribution in [2.45, 2.75) is 18.9 Å². The van der Waals surface area contributed by atoms with E-state index in [1.54, 1.807) is 30.5 Å². The third-order valence-corrected chi connectivity index (χ3v) is 3.78. The van der Waals surface area contributed by atoms with E-state index in [2.05, 4.69) is 15.5 Å². The van der Waals surface area contributed by atoms with Crippen LogP contribution < -0.4 is 5.32 Å². The highest BCUT2D eigenvalue weighted by Crippen LogP contribution is 2.25. The van der Waals surface area contributed by atoms with E-state index in [1.165, 1.54) is 0 Å². The summed E-state index contributed by atoms with van der Waals surface area (Å²) in [6.45, 7) is 0.645. The van der Waals surface area contributed by atoms with Crippen molar-refractivity contribution in [3.8, 4) is 23.1 Å². The lowest BCUT2D eigenvalue weighted by molar-refractivity contribution is -0.124. The van der Waals surface area contributed by atoms with Gasteiger partial charge in [0.05, 0.1) is 6.26 Å². The zero-order chi connectivity index (χ0) is 16.4. The first-order valence-electron chi connectivity index (χ1n) is 7.70. The number of ether oxygens (including phenoxy) is 1. The van der Waals surface area contributed by atoms with Crippen molar-refractivity contribution >= 4 is 11.6 Å². The summed E-state index contributed by atoms with van der Waals surface area (Å²) in [4.78, 5) is 12.0. The van der Waals surface area contributed by atoms with Crippen LogP contribution >= 0.6 is 0 Å². The first-order valence-corrected chi connectivity index (χ1v) is 7.70. The van der Waals surface area contributed by atoms with Gasteiger partial charge in [-0.3, -0.25) is 4.79 Å². The predicted octanol–water partition coefficient (Wildman–Crippen LogP) is 3.11. The van der Waals surface area contributed by atoms with Gasteiger partial charge in [-0.05, 0) is 49.2 Å². The molecule has 0 unspecified atom stereocenters. The minimum Gasteiger partial charge on any atom is -0.459 e. The number of rotatable bonds is 4. The number of aromatic nitrogens is 2. The number of hydrogen-bond acceptors (Lipinski definition) is 6. The highest BCUT2D eigenvalue weighted by atomic mass is 16.5. The van der Waals surface area contributed by atoms with Gasteiger partial charge >= 0.3 is 0 Å². The van der Waals surface area contributed by atoms with Crippen LogP contribution in [0.4, 0.5) is 5.69 Å². The average molecular weight is 325 g/mol. The molecule has 0 aliphatic carbocycles. The molecule has 1 aliphatic rings. The predicted molar refractivity (Wildman–Crippen MR) is 85.0 cm³/mol. The van der Waals surface area contributed by atoms with Crippen LogP contribution in [0.15, 0.2) is 51.5 Å². The fraction of sp³-hybridized carbons (Fsp3) is 0.235. The lowest BCUT2D eigenvalue weighted by Gasteiger charge is -2.10. The summed E-state index contributed by atoms with van der Waals surface area (Å²) in [6.07, 6.45) is 2.88. The van der Waals surface area contributed by atoms with Crippen molar-refractivity contribution in [3.63, 3.8) is 0 Å². The SMILES string of the molecule is O=C(Nc1ccc(-c2nnc(-c3ccco3)o2)cc1)[C@H]1CCCO1. The molecule has 122 valence electrons. The number of amides is 1. The molecule has 3 aromatic rings. The van der Waals surface area contributed by atoms with E-state index in [0.717, 1.165) is 18.4 Å². The first-order chi connectivity index (χ1) is 11.8. The van der Waals surface area contributed by atoms with Gasteiger partial charge < -0.3 is 18.9 Å². The number of nitrogens with zero attached hydrogens (tertiary/aromatic N) is 2. The lowest BCUT2D eigenvalue weighted by atomic mass is 10.2. The van der Waals surface area contributed by atoms with Crippen molar-refractivity contribution in [3.05, 3.63) is 42.7 Å². The van der Waals surface area contributed by atoms with E-state index in [4.69, 9.17) is 13.6 Å². The molecule has 1 N–H and O–H groups in total. The minimum atomic E-state index is -0.350. The van der Waals surface area contributed by atoms with Crippen molar-refractivity contribution in [1.29, 1.82) is 0 Å². The normalized spacial score (nSPS) is 17.1. The van der Waals surface area contributed by atoms with Crippen molar-refractivity contribution in [2.24, 2.45) is 0 Å². The van der Waals surface area contributed by atoms with Crippen LogP contribution in [0.3, 0.4) is 0 Å². The Kier molecular flexibility index (Phi) is 3.84. The van der Waals surface area contributed by atoms with Gasteiger partial charge in [-0.2, -0.15) is 0 Å². The maximum Gasteiger partial charge on any atom is 0.283 e. The molecule has 0 saturated carbocycles. The summed E-state index contributed by atoms with van der Waals surface area (Å²) < 4.78 is 16.2. The molecule has 1 fully saturated rings. The maximum absolute atomic E-state index is 12.0. The first kappa shape index (κ1) is 14.6. The summed E-state index contributed by atoms with van der Waals surface area (Å²) in [5.74, 6) is 1.12. The number of hydrogen-bond donors (Lipinski definition) is 1. The standard InChI is InChI=1S/C17H15N3O4/c21-15(13-3-1-9-22-13)18-12-7-5-11(6-8-12)16-19-20-17(24-16)14-4-2-10-23-14/h2,4-8,10,13H,1,3,9H2,(H,18,21)/t13-/m1/s1. The Morgan fingerprint density at radius 3 is 2.67 bits per heavy atom. The highest BCUT2D eigenvalue weighted by molar-refractivity contribution is 5.94. The molecule has 1 saturated heterocycles. The topological polar surface area (TPSA) is 90.4 Å². The molecule has 1 aromatic carbocycles. The second-order valence-electron chi connectivity index (χ2n) is 5.46. The molecule has 3 heterocycles. The molecule has 4 rings (SSSR count). The zero-order valence-electron chi connectivity index (χ0n) is 12.8. The van der Waals surface area contributed by atoms with E-state index in [9.17, 15) is 4.79 Å². The average Bonchev–Trinajstić information content (AvgIpc) is 3.35. The second kappa shape index (κ2) is 6.29. The summed E-state index contributed by atoms with van der Waals surface area (Å²) in [6, 6.07) is 10.7. The van der Waals surface area contributed by atoms with Gasteiger partial charge in [-0.1, -0.05) is 0 Å². The number of benzene rings is 1. The van der Waals surface area contributed by atoms with E-state index >= 15 is 0 Å². The number of furan rings is 1. The summed E-state index contributed by atoms with van der Waals surface area (Å²) in [5.41, 5.74) is 1.46. The van der Waals surface area contributed by atoms with Crippen LogP contribution in [0.25, 0.3) is 23.1 Å². The zero-order valence-corrected chi connectivity index (χ0v) is 12.8. The Hall–Kier alpha value is -2.93. The smallest absolute Gasteiger partial charge is 0.283 e. The Bertz CT molecular complexity index is 818. The van der Waals surface area contributed by atoms with Crippen LogP contribution in [0.2, 0.25) is 0 Å². The number of anilines is 1. The van der Waals surface area contributed by atoms with Gasteiger partial charge in [0.2, 0.25) is 5.89 Å². The molecular weight excluding hydrogens is 310 g/mol. The van der Waals surface area contributed by atoms with Gasteiger partial charge in [0, 0.05) is 17.9 Å². The monoisotopic (exact) mass is 325 g/mol. The third-order valence-electron chi connectivity index (χ3n) is 3.78. The molecule has 0 spiro atoms. The largest absolute Gasteiger partial charge is 0.459 e. The van der Waals surface area contributed by atoms with Crippen LogP contribution in [0.1, 0.15) is 12.8 Å². The van der Waals surface area contributed by atoms with Gasteiger partial charge in [0.1, 0.15) is 6.10 Å². The van der Waals surface area contributed by atoms with E-state index in [-0.39, 0.29) is 12.0 Å². The molecule has 1 aliphatic heterocycles. The quantitative estimate of drug-likeness (QED) is 0.792. The minimum absolute atomic E-state index is 0.113. The fourth-order valence-corrected chi connectivity index (χ4v) is 2.54. The molecule has 2 aromatic heterocycles. The second-order valence-corrected chi connectivity index (χ2v) is 5.46. The van der Waals surface area contributed by atoms with E-state index in [1.807, 2.05) is 12.1 Å². The van der Waals surface area contributed by atoms with Crippen LogP contribution in [0, 0.1) is 0 Å². The molecule has 7 heteroatoms. The molecular formula is C17H15N3O4. The van der Waals surface area contributed by atoms with Gasteiger partial charge in [-0.15, -0.1) is 10.2 Å². The highest BCUT2D eigenvalue weighted by Gasteiger charge is 2.23. The molecule has 24 heavy (non-hydrogen) atoms. The van der Waals surface area contributed by atoms with Crippen LogP contribution in [0.5, 0.6) is 0 Å². The van der Waals surface area contributed by atoms with Crippen molar-refractivity contribution in [2.75, 3.05) is 11.9 Å². The Morgan fingerprint density at radius 2 is 1.96 bits per heavy atom. The third kappa shape index (κ3) is 2.93. The van der Waals surface area contributed by atoms with Crippen LogP contribution in [-0.4, -0.2) is 28.8 Å². The molecule has 1 amide bonds. The molecule has 7 nitrogen and oxygen atoms in total. The molecule has 0 radical (unpaired) electrons. The van der Waals surface area contributed by atoms with Gasteiger partial charge in [-0.25, -0.2) is 0 Å². The Labute approximate surface area is 137 Å². The fourth-order valence-electron chi connectivity index (χ4n) is 2.54. The Balaban J connectivity index is 1.46. The van der Waals surface area contributed by atoms with Gasteiger partial charge in [0.15, 0.2) is 5.76 Å². The van der Waals surface area contributed by atoms with Crippen molar-refractivity contribution in [1.82, 2.24) is 10.2 Å². The summed E-state index contributed by atoms with van der Waals surface area (Å²) in [7, 11) is 0. The Morgan fingerprint density at radius 1 is 1.12 bits per heavy atom. The van der Waals surface area contributed by atoms with Crippen LogP contribution in [-0.2, 0) is 9.53 Å². The van der Waals surface area contributed by atoms with Gasteiger partial charge in [0.25, 0.3) is 11.8 Å². The summed E-state index contributed by atoms with van der Waals surface area (Å²) >= 11 is 0. The van der Waals surface area contributed by atoms with E-state index < -0.39 is 0 Å². The summed E-state index contributed by atoms with van der Waals surface area (Å²) in [5, 5.41) is 10.8. The maximum atomic E-state index is 12.0. The molecule has 0 bridgehead atoms. The number of carbonyl (C=O) groups excluding carboxylic acids is 1. The number of nitrogens with one attached hydrogen (secondary N) is 1. The van der Waals surface area contributed by atoms with E-state index in [0.29, 0.717) is 29.8 Å².